The summed E-state index contributed by atoms with van der Waals surface area (Å²) in [5.41, 5.74) is 5.83. The highest BCUT2D eigenvalue weighted by molar-refractivity contribution is 5.76. The first kappa shape index (κ1) is 14.8. The number of nitrogens with one attached hydrogen (secondary N) is 1. The Morgan fingerprint density at radius 3 is 2.42 bits per heavy atom. The molecule has 110 valence electrons. The quantitative estimate of drug-likeness (QED) is 0.737. The Kier molecular flexibility index (Phi) is 5.60. The van der Waals surface area contributed by atoms with Gasteiger partial charge in [-0.05, 0) is 12.8 Å². The van der Waals surface area contributed by atoms with Gasteiger partial charge in [0, 0.05) is 58.3 Å². The van der Waals surface area contributed by atoms with Gasteiger partial charge in [0.1, 0.15) is 0 Å². The van der Waals surface area contributed by atoms with Gasteiger partial charge in [-0.2, -0.15) is 0 Å². The van der Waals surface area contributed by atoms with Gasteiger partial charge >= 0.3 is 0 Å². The topological polar surface area (TPSA) is 61.6 Å². The molecule has 1 unspecified atom stereocenters. The maximum absolute atomic E-state index is 11.5. The highest BCUT2D eigenvalue weighted by atomic mass is 16.1. The van der Waals surface area contributed by atoms with Crippen molar-refractivity contribution in [1.82, 2.24) is 15.1 Å². The zero-order valence-electron chi connectivity index (χ0n) is 12.1. The Hall–Kier alpha value is -0.650. The van der Waals surface area contributed by atoms with Crippen LogP contribution in [0.15, 0.2) is 0 Å². The Bertz CT molecular complexity index is 283. The van der Waals surface area contributed by atoms with Crippen LogP contribution in [-0.4, -0.2) is 67.6 Å². The van der Waals surface area contributed by atoms with Crippen molar-refractivity contribution in [2.45, 2.75) is 44.2 Å². The van der Waals surface area contributed by atoms with Gasteiger partial charge in [-0.15, -0.1) is 0 Å². The normalized spacial score (nSPS) is 24.5. The Morgan fingerprint density at radius 1 is 1.26 bits per heavy atom. The zero-order valence-corrected chi connectivity index (χ0v) is 12.1. The first-order valence-electron chi connectivity index (χ1n) is 7.63. The molecule has 2 rings (SSSR count). The van der Waals surface area contributed by atoms with E-state index in [1.165, 1.54) is 25.7 Å². The molecule has 1 heterocycles. The maximum Gasteiger partial charge on any atom is 0.221 e. The van der Waals surface area contributed by atoms with Crippen LogP contribution in [0.1, 0.15) is 32.1 Å². The fourth-order valence-electron chi connectivity index (χ4n) is 3.41. The lowest BCUT2D eigenvalue weighted by atomic mass is 10.1. The number of hydrogen-bond donors (Lipinski definition) is 2. The van der Waals surface area contributed by atoms with E-state index < -0.39 is 0 Å². The number of nitrogens with two attached hydrogens (primary N) is 1. The van der Waals surface area contributed by atoms with Crippen LogP contribution < -0.4 is 11.1 Å². The minimum atomic E-state index is 0.0914. The molecule has 5 heteroatoms. The number of carbonyl (C=O) groups excluding carboxylic acids is 1. The molecule has 1 atom stereocenters. The average Bonchev–Trinajstić information content (AvgIpc) is 2.99. The number of nitrogens with zero attached hydrogens (tertiary/aromatic N) is 2. The molecule has 1 saturated carbocycles. The van der Waals surface area contributed by atoms with Crippen LogP contribution >= 0.6 is 0 Å². The van der Waals surface area contributed by atoms with Gasteiger partial charge in [-0.3, -0.25) is 14.6 Å². The van der Waals surface area contributed by atoms with Crippen LogP contribution in [0.5, 0.6) is 0 Å². The molecule has 1 aliphatic carbocycles. The monoisotopic (exact) mass is 268 g/mol. The number of amides is 1. The van der Waals surface area contributed by atoms with Gasteiger partial charge in [0.2, 0.25) is 5.91 Å². The maximum atomic E-state index is 11.5. The summed E-state index contributed by atoms with van der Waals surface area (Å²) in [6.45, 7) is 4.94. The van der Waals surface area contributed by atoms with Crippen molar-refractivity contribution in [2.24, 2.45) is 5.73 Å². The second kappa shape index (κ2) is 7.22. The van der Waals surface area contributed by atoms with Gasteiger partial charge in [-0.1, -0.05) is 12.8 Å². The van der Waals surface area contributed by atoms with Gasteiger partial charge in [0.15, 0.2) is 0 Å². The molecule has 0 radical (unpaired) electrons. The number of hydrogen-bond acceptors (Lipinski definition) is 4. The van der Waals surface area contributed by atoms with Crippen LogP contribution in [0, 0.1) is 0 Å². The molecule has 19 heavy (non-hydrogen) atoms. The third-order valence-electron chi connectivity index (χ3n) is 4.68. The Morgan fingerprint density at radius 2 is 1.89 bits per heavy atom. The first-order valence-corrected chi connectivity index (χ1v) is 7.63. The lowest BCUT2D eigenvalue weighted by Gasteiger charge is -2.41. The highest BCUT2D eigenvalue weighted by Crippen LogP contribution is 2.24. The summed E-state index contributed by atoms with van der Waals surface area (Å²) in [5, 5.41) is 2.69. The molecule has 5 nitrogen and oxygen atoms in total. The van der Waals surface area contributed by atoms with Crippen LogP contribution in [0.3, 0.4) is 0 Å². The first-order chi connectivity index (χ1) is 9.24. The molecular weight excluding hydrogens is 240 g/mol. The van der Waals surface area contributed by atoms with Crippen LogP contribution in [-0.2, 0) is 4.79 Å². The molecule has 0 spiro atoms. The second-order valence-corrected chi connectivity index (χ2v) is 5.78. The number of piperazine rings is 1. The third kappa shape index (κ3) is 3.91. The van der Waals surface area contributed by atoms with Crippen molar-refractivity contribution in [3.63, 3.8) is 0 Å². The van der Waals surface area contributed by atoms with Crippen LogP contribution in [0.4, 0.5) is 0 Å². The van der Waals surface area contributed by atoms with Crippen molar-refractivity contribution in [1.29, 1.82) is 0 Å². The SMILES string of the molecule is CNC(=O)CC(CN)N1CCN(C2CCCC2)CC1. The Labute approximate surface area is 116 Å². The summed E-state index contributed by atoms with van der Waals surface area (Å²) in [7, 11) is 1.69. The molecule has 0 aromatic heterocycles. The van der Waals surface area contributed by atoms with Gasteiger partial charge in [0.25, 0.3) is 0 Å². The fourth-order valence-corrected chi connectivity index (χ4v) is 3.41. The predicted octanol–water partition coefficient (Wildman–Crippen LogP) is 0.0100. The Balaban J connectivity index is 1.78. The average molecular weight is 268 g/mol. The molecule has 2 fully saturated rings. The van der Waals surface area contributed by atoms with Crippen molar-refractivity contribution in [3.05, 3.63) is 0 Å². The summed E-state index contributed by atoms with van der Waals surface area (Å²) in [5.74, 6) is 0.0914. The number of rotatable bonds is 5. The summed E-state index contributed by atoms with van der Waals surface area (Å²) in [6, 6.07) is 1.02. The van der Waals surface area contributed by atoms with Crippen molar-refractivity contribution < 1.29 is 4.79 Å². The highest BCUT2D eigenvalue weighted by Gasteiger charge is 2.29. The fraction of sp³-hybridized carbons (Fsp3) is 0.929. The molecule has 2 aliphatic rings. The summed E-state index contributed by atoms with van der Waals surface area (Å²) in [6.07, 6.45) is 6.06. The third-order valence-corrected chi connectivity index (χ3v) is 4.68. The van der Waals surface area contributed by atoms with E-state index in [1.807, 2.05) is 0 Å². The molecular formula is C14H28N4O. The molecule has 0 aromatic carbocycles. The molecule has 1 saturated heterocycles. The smallest absolute Gasteiger partial charge is 0.221 e. The molecule has 0 bridgehead atoms. The second-order valence-electron chi connectivity index (χ2n) is 5.78. The van der Waals surface area contributed by atoms with Gasteiger partial charge in [0.05, 0.1) is 0 Å². The summed E-state index contributed by atoms with van der Waals surface area (Å²) < 4.78 is 0. The van der Waals surface area contributed by atoms with Crippen molar-refractivity contribution in [2.75, 3.05) is 39.8 Å². The van der Waals surface area contributed by atoms with Crippen molar-refractivity contribution in [3.8, 4) is 0 Å². The molecule has 3 N–H and O–H groups in total. The van der Waals surface area contributed by atoms with E-state index in [2.05, 4.69) is 15.1 Å². The zero-order chi connectivity index (χ0) is 13.7. The van der Waals surface area contributed by atoms with Gasteiger partial charge < -0.3 is 11.1 Å². The lowest BCUT2D eigenvalue weighted by molar-refractivity contribution is -0.122. The van der Waals surface area contributed by atoms with E-state index in [1.54, 1.807) is 7.05 Å². The minimum absolute atomic E-state index is 0.0914. The van der Waals surface area contributed by atoms with E-state index in [0.29, 0.717) is 13.0 Å². The molecule has 0 aromatic rings. The largest absolute Gasteiger partial charge is 0.359 e. The summed E-state index contributed by atoms with van der Waals surface area (Å²) >= 11 is 0. The molecule has 1 amide bonds. The van der Waals surface area contributed by atoms with Crippen LogP contribution in [0.25, 0.3) is 0 Å². The predicted molar refractivity (Wildman–Crippen MR) is 76.9 cm³/mol. The van der Waals surface area contributed by atoms with E-state index in [-0.39, 0.29) is 11.9 Å². The number of carbonyl (C=O) groups is 1. The van der Waals surface area contributed by atoms with Crippen LogP contribution in [0.2, 0.25) is 0 Å². The minimum Gasteiger partial charge on any atom is -0.359 e. The van der Waals surface area contributed by atoms with Crippen molar-refractivity contribution >= 4 is 5.91 Å². The van der Waals surface area contributed by atoms with E-state index >= 15 is 0 Å². The van der Waals surface area contributed by atoms with E-state index in [0.717, 1.165) is 32.2 Å². The standard InChI is InChI=1S/C14H28N4O/c1-16-14(19)10-13(11-15)18-8-6-17(7-9-18)12-4-2-3-5-12/h12-13H,2-11,15H2,1H3,(H,16,19). The molecule has 1 aliphatic heterocycles. The van der Waals surface area contributed by atoms with Gasteiger partial charge in [-0.25, -0.2) is 0 Å². The lowest BCUT2D eigenvalue weighted by Crippen LogP contribution is -2.55. The van der Waals surface area contributed by atoms with E-state index in [4.69, 9.17) is 5.73 Å². The van der Waals surface area contributed by atoms with E-state index in [9.17, 15) is 4.79 Å². The summed E-state index contributed by atoms with van der Waals surface area (Å²) in [4.78, 5) is 16.5.